The highest BCUT2D eigenvalue weighted by Gasteiger charge is 2.59. The number of nitrogens with two attached hydrogens (primary N) is 1. The fraction of sp³-hybridized carbons (Fsp3) is 0.750. The monoisotopic (exact) mass is 548 g/mol. The number of amides is 1. The molecule has 4 aliphatic rings. The van der Waals surface area contributed by atoms with Crippen LogP contribution in [0.25, 0.3) is 0 Å². The van der Waals surface area contributed by atoms with E-state index in [-0.39, 0.29) is 17.6 Å². The molecule has 4 heteroatoms. The van der Waals surface area contributed by atoms with Crippen LogP contribution in [-0.4, -0.2) is 12.2 Å². The first kappa shape index (κ1) is 29.7. The van der Waals surface area contributed by atoms with Gasteiger partial charge in [-0.05, 0) is 102 Å². The summed E-state index contributed by atoms with van der Waals surface area (Å²) < 4.78 is 5.95. The van der Waals surface area contributed by atoms with E-state index in [0.717, 1.165) is 65.9 Å². The highest BCUT2D eigenvalue weighted by Crippen LogP contribution is 2.67. The SMILES string of the molecule is CC(C)CCC[C@@H](C)[C@H]1CC[C@H]2[C@@H]3CC=C4C[C@@H](OC(=O)NCc5ccc(CN)cc5)CC[C@]4(C)[C@H]3CC[C@]12C. The van der Waals surface area contributed by atoms with Crippen molar-refractivity contribution in [2.75, 3.05) is 0 Å². The highest BCUT2D eigenvalue weighted by molar-refractivity contribution is 5.67. The van der Waals surface area contributed by atoms with Gasteiger partial charge >= 0.3 is 6.09 Å². The second kappa shape index (κ2) is 12.2. The van der Waals surface area contributed by atoms with Gasteiger partial charge in [-0.25, -0.2) is 4.79 Å². The molecule has 4 nitrogen and oxygen atoms in total. The molecule has 3 saturated carbocycles. The third-order valence-corrected chi connectivity index (χ3v) is 12.2. The molecule has 4 aliphatic carbocycles. The molecular formula is C36H56N2O2. The Morgan fingerprint density at radius 1 is 1.00 bits per heavy atom. The smallest absolute Gasteiger partial charge is 0.407 e. The highest BCUT2D eigenvalue weighted by atomic mass is 16.6. The third-order valence-electron chi connectivity index (χ3n) is 12.2. The Balaban J connectivity index is 1.17. The Kier molecular flexibility index (Phi) is 9.05. The first-order valence-electron chi connectivity index (χ1n) is 16.6. The molecule has 0 spiro atoms. The second-order valence-corrected chi connectivity index (χ2v) is 14.9. The molecule has 0 aliphatic heterocycles. The molecule has 3 fully saturated rings. The normalized spacial score (nSPS) is 35.8. The average molecular weight is 549 g/mol. The quantitative estimate of drug-likeness (QED) is 0.303. The number of hydrogen-bond acceptors (Lipinski definition) is 3. The number of carbonyl (C=O) groups excluding carboxylic acids is 1. The fourth-order valence-electron chi connectivity index (χ4n) is 9.91. The van der Waals surface area contributed by atoms with E-state index in [2.05, 4.69) is 46.0 Å². The number of alkyl carbamates (subject to hydrolysis) is 1. The lowest BCUT2D eigenvalue weighted by Gasteiger charge is -2.58. The van der Waals surface area contributed by atoms with Crippen molar-refractivity contribution in [1.29, 1.82) is 0 Å². The number of nitrogens with one attached hydrogen (secondary N) is 1. The largest absolute Gasteiger partial charge is 0.446 e. The molecule has 222 valence electrons. The maximum atomic E-state index is 12.6. The van der Waals surface area contributed by atoms with Crippen LogP contribution in [0.15, 0.2) is 35.9 Å². The molecule has 8 atom stereocenters. The first-order chi connectivity index (χ1) is 19.1. The number of ether oxygens (including phenoxy) is 1. The minimum atomic E-state index is -0.293. The van der Waals surface area contributed by atoms with Crippen LogP contribution in [0.2, 0.25) is 0 Å². The second-order valence-electron chi connectivity index (χ2n) is 14.9. The summed E-state index contributed by atoms with van der Waals surface area (Å²) in [5.74, 6) is 5.12. The fourth-order valence-corrected chi connectivity index (χ4v) is 9.91. The standard InChI is InChI=1S/C36H56N2O2/c1-24(2)7-6-8-25(3)31-15-16-32-30-14-13-28-21-29(17-19-35(28,4)33(30)18-20-36(31,32)5)40-34(39)38-23-27-11-9-26(22-37)10-12-27/h9-13,24-25,29-33H,6-8,14-23,37H2,1-5H3,(H,38,39)/t25-,29+,30+,31-,32+,33+,35+,36-/m1/s1. The zero-order chi connectivity index (χ0) is 28.5. The molecule has 0 aromatic heterocycles. The first-order valence-corrected chi connectivity index (χ1v) is 16.6. The van der Waals surface area contributed by atoms with E-state index in [0.29, 0.717) is 18.5 Å². The third kappa shape index (κ3) is 5.90. The molecule has 5 rings (SSSR count). The van der Waals surface area contributed by atoms with Gasteiger partial charge in [0.25, 0.3) is 0 Å². The van der Waals surface area contributed by atoms with E-state index < -0.39 is 0 Å². The van der Waals surface area contributed by atoms with Crippen LogP contribution in [0, 0.1) is 46.3 Å². The summed E-state index contributed by atoms with van der Waals surface area (Å²) in [5, 5.41) is 2.96. The summed E-state index contributed by atoms with van der Waals surface area (Å²) in [4.78, 5) is 12.6. The van der Waals surface area contributed by atoms with Crippen molar-refractivity contribution in [3.05, 3.63) is 47.0 Å². The maximum Gasteiger partial charge on any atom is 0.407 e. The van der Waals surface area contributed by atoms with Crippen molar-refractivity contribution in [1.82, 2.24) is 5.32 Å². The van der Waals surface area contributed by atoms with Gasteiger partial charge in [0.1, 0.15) is 6.10 Å². The van der Waals surface area contributed by atoms with Crippen LogP contribution in [0.4, 0.5) is 4.79 Å². The van der Waals surface area contributed by atoms with Crippen LogP contribution < -0.4 is 11.1 Å². The Morgan fingerprint density at radius 3 is 2.48 bits per heavy atom. The molecular weight excluding hydrogens is 492 g/mol. The van der Waals surface area contributed by atoms with Crippen LogP contribution in [0.5, 0.6) is 0 Å². The molecule has 1 amide bonds. The molecule has 0 saturated heterocycles. The van der Waals surface area contributed by atoms with Crippen molar-refractivity contribution in [2.45, 2.75) is 124 Å². The van der Waals surface area contributed by atoms with Crippen molar-refractivity contribution < 1.29 is 9.53 Å². The minimum Gasteiger partial charge on any atom is -0.446 e. The lowest BCUT2D eigenvalue weighted by atomic mass is 9.47. The zero-order valence-corrected chi connectivity index (χ0v) is 26.0. The van der Waals surface area contributed by atoms with Gasteiger partial charge in [-0.15, -0.1) is 0 Å². The van der Waals surface area contributed by atoms with Gasteiger partial charge in [0, 0.05) is 19.5 Å². The number of hydrogen-bond donors (Lipinski definition) is 2. The molecule has 40 heavy (non-hydrogen) atoms. The Morgan fingerprint density at radius 2 is 1.75 bits per heavy atom. The minimum absolute atomic E-state index is 0.00750. The molecule has 1 aromatic carbocycles. The summed E-state index contributed by atoms with van der Waals surface area (Å²) in [5.41, 5.74) is 10.2. The summed E-state index contributed by atoms with van der Waals surface area (Å²) in [6, 6.07) is 8.07. The number of carbonyl (C=O) groups is 1. The van der Waals surface area contributed by atoms with Gasteiger partial charge < -0.3 is 15.8 Å². The number of rotatable bonds is 9. The van der Waals surface area contributed by atoms with Gasteiger partial charge in [-0.3, -0.25) is 0 Å². The molecule has 0 heterocycles. The molecule has 3 N–H and O–H groups in total. The van der Waals surface area contributed by atoms with E-state index in [4.69, 9.17) is 10.5 Å². The predicted molar refractivity (Wildman–Crippen MR) is 164 cm³/mol. The lowest BCUT2D eigenvalue weighted by Crippen LogP contribution is -2.51. The zero-order valence-electron chi connectivity index (χ0n) is 26.0. The van der Waals surface area contributed by atoms with Crippen LogP contribution >= 0.6 is 0 Å². The number of fused-ring (bicyclic) bond motifs is 5. The number of allylic oxidation sites excluding steroid dienone is 1. The number of benzene rings is 1. The van der Waals surface area contributed by atoms with Crippen molar-refractivity contribution in [3.8, 4) is 0 Å². The van der Waals surface area contributed by atoms with Gasteiger partial charge in [0.15, 0.2) is 0 Å². The summed E-state index contributed by atoms with van der Waals surface area (Å²) in [7, 11) is 0. The van der Waals surface area contributed by atoms with E-state index in [1.54, 1.807) is 5.57 Å². The van der Waals surface area contributed by atoms with Gasteiger partial charge in [-0.1, -0.05) is 89.8 Å². The van der Waals surface area contributed by atoms with E-state index in [1.165, 1.54) is 51.4 Å². The Bertz CT molecular complexity index is 1050. The summed E-state index contributed by atoms with van der Waals surface area (Å²) >= 11 is 0. The molecule has 0 unspecified atom stereocenters. The van der Waals surface area contributed by atoms with E-state index in [1.807, 2.05) is 24.3 Å². The molecule has 0 radical (unpaired) electrons. The molecule has 1 aromatic rings. The predicted octanol–water partition coefficient (Wildman–Crippen LogP) is 8.78. The van der Waals surface area contributed by atoms with E-state index in [9.17, 15) is 4.79 Å². The van der Waals surface area contributed by atoms with Crippen LogP contribution in [0.1, 0.15) is 116 Å². The van der Waals surface area contributed by atoms with Gasteiger partial charge in [0.2, 0.25) is 0 Å². The molecule has 0 bridgehead atoms. The van der Waals surface area contributed by atoms with Crippen molar-refractivity contribution >= 4 is 6.09 Å². The van der Waals surface area contributed by atoms with Crippen molar-refractivity contribution in [2.24, 2.45) is 52.1 Å². The Labute approximate surface area is 244 Å². The topological polar surface area (TPSA) is 64.3 Å². The van der Waals surface area contributed by atoms with Gasteiger partial charge in [0.05, 0.1) is 0 Å². The lowest BCUT2D eigenvalue weighted by molar-refractivity contribution is -0.0581. The van der Waals surface area contributed by atoms with E-state index >= 15 is 0 Å². The summed E-state index contributed by atoms with van der Waals surface area (Å²) in [6.45, 7) is 13.6. The average Bonchev–Trinajstić information content (AvgIpc) is 3.29. The van der Waals surface area contributed by atoms with Crippen LogP contribution in [0.3, 0.4) is 0 Å². The maximum absolute atomic E-state index is 12.6. The Hall–Kier alpha value is -1.81. The van der Waals surface area contributed by atoms with Crippen LogP contribution in [-0.2, 0) is 17.8 Å². The van der Waals surface area contributed by atoms with Gasteiger partial charge in [-0.2, -0.15) is 0 Å². The summed E-state index contributed by atoms with van der Waals surface area (Å²) in [6.07, 6.45) is 16.5. The van der Waals surface area contributed by atoms with Crippen molar-refractivity contribution in [3.63, 3.8) is 0 Å².